The molecular formula is C18H27N3O3. The van der Waals surface area contributed by atoms with E-state index < -0.39 is 0 Å². The van der Waals surface area contributed by atoms with Crippen LogP contribution in [0.1, 0.15) is 53.0 Å². The Hall–Kier alpha value is -2.11. The Morgan fingerprint density at radius 3 is 2.58 bits per heavy atom. The third kappa shape index (κ3) is 4.24. The van der Waals surface area contributed by atoms with Gasteiger partial charge in [0, 0.05) is 48.4 Å². The molecule has 2 aliphatic rings. The predicted octanol–water partition coefficient (Wildman–Crippen LogP) is 2.87. The first-order valence-corrected chi connectivity index (χ1v) is 8.30. The summed E-state index contributed by atoms with van der Waals surface area (Å²) in [4.78, 5) is 27.5. The lowest BCUT2D eigenvalue weighted by Crippen LogP contribution is -2.24. The molecule has 0 bridgehead atoms. The zero-order chi connectivity index (χ0) is 18.0. The van der Waals surface area contributed by atoms with Crippen LogP contribution in [0.3, 0.4) is 0 Å². The second-order valence-electron chi connectivity index (χ2n) is 7.80. The average Bonchev–Trinajstić information content (AvgIpc) is 3.02. The number of nitrogens with zero attached hydrogens (tertiary/aromatic N) is 2. The van der Waals surface area contributed by atoms with Crippen LogP contribution in [0.4, 0.5) is 11.5 Å². The molecule has 1 saturated heterocycles. The molecule has 0 aliphatic carbocycles. The van der Waals surface area contributed by atoms with E-state index in [0.717, 1.165) is 31.0 Å². The molecule has 1 aromatic rings. The lowest BCUT2D eigenvalue weighted by atomic mass is 9.88. The van der Waals surface area contributed by atoms with Gasteiger partial charge in [0.15, 0.2) is 0 Å². The van der Waals surface area contributed by atoms with Crippen molar-refractivity contribution in [3.05, 3.63) is 17.8 Å². The summed E-state index contributed by atoms with van der Waals surface area (Å²) in [7, 11) is 0. The van der Waals surface area contributed by atoms with Crippen LogP contribution in [0.5, 0.6) is 0 Å². The maximum atomic E-state index is 11.7. The van der Waals surface area contributed by atoms with E-state index in [1.165, 1.54) is 5.56 Å². The molecule has 1 amide bonds. The van der Waals surface area contributed by atoms with Gasteiger partial charge in [0.1, 0.15) is 11.4 Å². The van der Waals surface area contributed by atoms with Gasteiger partial charge in [0.05, 0.1) is 0 Å². The molecule has 0 spiro atoms. The predicted molar refractivity (Wildman–Crippen MR) is 94.2 cm³/mol. The van der Waals surface area contributed by atoms with E-state index in [4.69, 9.17) is 0 Å². The number of ether oxygens (including phenoxy) is 1. The van der Waals surface area contributed by atoms with E-state index in [2.05, 4.69) is 28.9 Å². The second-order valence-corrected chi connectivity index (χ2v) is 7.80. The molecule has 0 radical (unpaired) electrons. The minimum Gasteiger partial charge on any atom is -0.462 e. The molecule has 6 heteroatoms. The van der Waals surface area contributed by atoms with Crippen molar-refractivity contribution in [3.8, 4) is 0 Å². The SMILES string of the molecule is CC(C)(C)OC=O.CC1(C)CNc2cc(N3CCCC3=O)ncc21. The number of hydrogen-bond acceptors (Lipinski definition) is 5. The Labute approximate surface area is 143 Å². The number of fused-ring (bicyclic) bond motifs is 1. The summed E-state index contributed by atoms with van der Waals surface area (Å²) >= 11 is 0. The van der Waals surface area contributed by atoms with Gasteiger partial charge in [-0.1, -0.05) is 13.8 Å². The van der Waals surface area contributed by atoms with Gasteiger partial charge in [0.25, 0.3) is 6.47 Å². The number of carbonyl (C=O) groups excluding carboxylic acids is 2. The van der Waals surface area contributed by atoms with Crippen molar-refractivity contribution in [1.29, 1.82) is 0 Å². The third-order valence-corrected chi connectivity index (χ3v) is 4.09. The summed E-state index contributed by atoms with van der Waals surface area (Å²) in [5.41, 5.74) is 2.19. The van der Waals surface area contributed by atoms with Crippen LogP contribution < -0.4 is 10.2 Å². The van der Waals surface area contributed by atoms with Crippen molar-refractivity contribution >= 4 is 23.9 Å². The maximum absolute atomic E-state index is 11.7. The number of amides is 1. The summed E-state index contributed by atoms with van der Waals surface area (Å²) in [5, 5.41) is 3.39. The number of pyridine rings is 1. The summed E-state index contributed by atoms with van der Waals surface area (Å²) in [6.07, 6.45) is 3.50. The molecule has 0 atom stereocenters. The largest absolute Gasteiger partial charge is 0.462 e. The fourth-order valence-electron chi connectivity index (χ4n) is 2.72. The third-order valence-electron chi connectivity index (χ3n) is 4.09. The molecule has 2 aliphatic heterocycles. The fourth-order valence-corrected chi connectivity index (χ4v) is 2.72. The van der Waals surface area contributed by atoms with E-state index >= 15 is 0 Å². The van der Waals surface area contributed by atoms with Crippen LogP contribution in [0.2, 0.25) is 0 Å². The molecule has 6 nitrogen and oxygen atoms in total. The van der Waals surface area contributed by atoms with Crippen LogP contribution in [-0.4, -0.2) is 36.1 Å². The highest BCUT2D eigenvalue weighted by Gasteiger charge is 2.31. The van der Waals surface area contributed by atoms with Gasteiger partial charge in [-0.2, -0.15) is 0 Å². The summed E-state index contributed by atoms with van der Waals surface area (Å²) < 4.78 is 4.55. The van der Waals surface area contributed by atoms with E-state index in [0.29, 0.717) is 12.9 Å². The quantitative estimate of drug-likeness (QED) is 0.843. The zero-order valence-electron chi connectivity index (χ0n) is 15.2. The highest BCUT2D eigenvalue weighted by atomic mass is 16.5. The van der Waals surface area contributed by atoms with Gasteiger partial charge < -0.3 is 10.1 Å². The molecular weight excluding hydrogens is 306 g/mol. The second kappa shape index (κ2) is 6.79. The Morgan fingerprint density at radius 1 is 1.38 bits per heavy atom. The van der Waals surface area contributed by atoms with Crippen molar-refractivity contribution in [2.24, 2.45) is 0 Å². The number of nitrogens with one attached hydrogen (secondary N) is 1. The Balaban J connectivity index is 0.000000256. The van der Waals surface area contributed by atoms with Crippen LogP contribution in [0.25, 0.3) is 0 Å². The summed E-state index contributed by atoms with van der Waals surface area (Å²) in [5.74, 6) is 0.978. The molecule has 0 aromatic carbocycles. The number of anilines is 2. The first-order chi connectivity index (χ1) is 11.1. The van der Waals surface area contributed by atoms with Crippen molar-refractivity contribution in [3.63, 3.8) is 0 Å². The number of carbonyl (C=O) groups is 2. The normalized spacial score (nSPS) is 18.4. The Bertz CT molecular complexity index is 620. The van der Waals surface area contributed by atoms with Gasteiger partial charge in [-0.25, -0.2) is 4.98 Å². The van der Waals surface area contributed by atoms with Crippen LogP contribution in [0, 0.1) is 0 Å². The van der Waals surface area contributed by atoms with E-state index in [9.17, 15) is 9.59 Å². The lowest BCUT2D eigenvalue weighted by Gasteiger charge is -2.18. The van der Waals surface area contributed by atoms with Crippen LogP contribution in [0.15, 0.2) is 12.3 Å². The van der Waals surface area contributed by atoms with E-state index in [1.807, 2.05) is 33.0 Å². The van der Waals surface area contributed by atoms with Gasteiger partial charge in [-0.3, -0.25) is 14.5 Å². The minimum absolute atomic E-state index is 0.135. The smallest absolute Gasteiger partial charge is 0.293 e. The molecule has 1 N–H and O–H groups in total. The molecule has 24 heavy (non-hydrogen) atoms. The summed E-state index contributed by atoms with van der Waals surface area (Å²) in [6.45, 7) is 12.1. The number of rotatable bonds is 2. The Kier molecular flexibility index (Phi) is 5.16. The monoisotopic (exact) mass is 333 g/mol. The van der Waals surface area contributed by atoms with Crippen LogP contribution in [-0.2, 0) is 19.7 Å². The molecule has 1 fully saturated rings. The van der Waals surface area contributed by atoms with Crippen molar-refractivity contribution < 1.29 is 14.3 Å². The van der Waals surface area contributed by atoms with E-state index in [-0.39, 0.29) is 16.9 Å². The Morgan fingerprint density at radius 2 is 2.08 bits per heavy atom. The highest BCUT2D eigenvalue weighted by Crippen LogP contribution is 2.37. The number of hydrogen-bond donors (Lipinski definition) is 1. The van der Waals surface area contributed by atoms with Gasteiger partial charge in [-0.05, 0) is 27.2 Å². The molecule has 3 heterocycles. The fraction of sp³-hybridized carbons (Fsp3) is 0.611. The van der Waals surface area contributed by atoms with Gasteiger partial charge in [-0.15, -0.1) is 0 Å². The topological polar surface area (TPSA) is 71.5 Å². The first kappa shape index (κ1) is 18.2. The van der Waals surface area contributed by atoms with Crippen molar-refractivity contribution in [2.45, 2.75) is 58.5 Å². The highest BCUT2D eigenvalue weighted by molar-refractivity contribution is 5.94. The molecule has 0 saturated carbocycles. The number of aromatic nitrogens is 1. The minimum atomic E-state index is -0.318. The van der Waals surface area contributed by atoms with Gasteiger partial charge >= 0.3 is 0 Å². The lowest BCUT2D eigenvalue weighted by molar-refractivity contribution is -0.138. The van der Waals surface area contributed by atoms with Gasteiger partial charge in [0.2, 0.25) is 5.91 Å². The molecule has 3 rings (SSSR count). The summed E-state index contributed by atoms with van der Waals surface area (Å²) in [6, 6.07) is 2.01. The zero-order valence-corrected chi connectivity index (χ0v) is 15.2. The van der Waals surface area contributed by atoms with E-state index in [1.54, 1.807) is 4.90 Å². The first-order valence-electron chi connectivity index (χ1n) is 8.30. The maximum Gasteiger partial charge on any atom is 0.293 e. The molecule has 132 valence electrons. The van der Waals surface area contributed by atoms with Crippen LogP contribution >= 0.6 is 0 Å². The molecule has 0 unspecified atom stereocenters. The average molecular weight is 333 g/mol. The standard InChI is InChI=1S/C13H17N3O.C5H10O2/c1-13(2)8-15-10-6-11(14-7-9(10)13)16-5-3-4-12(16)17;1-5(2,3)7-4-6/h6-7,15H,3-5,8H2,1-2H3;4H,1-3H3. The van der Waals surface area contributed by atoms with Crippen molar-refractivity contribution in [1.82, 2.24) is 4.98 Å². The molecule has 1 aromatic heterocycles. The van der Waals surface area contributed by atoms with Crippen molar-refractivity contribution in [2.75, 3.05) is 23.3 Å².